The maximum atomic E-state index is 13.1. The molecule has 0 saturated heterocycles. The first kappa shape index (κ1) is 23.4. The van der Waals surface area contributed by atoms with Crippen molar-refractivity contribution >= 4 is 67.6 Å². The predicted octanol–water partition coefficient (Wildman–Crippen LogP) is 6.46. The molecule has 0 aliphatic rings. The van der Waals surface area contributed by atoms with Crippen LogP contribution in [-0.2, 0) is 4.79 Å². The normalized spacial score (nSPS) is 11.4. The van der Waals surface area contributed by atoms with E-state index in [1.54, 1.807) is 11.8 Å². The van der Waals surface area contributed by atoms with Crippen LogP contribution in [0.1, 0.15) is 20.3 Å². The smallest absolute Gasteiger partial charge is 0.229 e. The Bertz CT molecular complexity index is 974. The third-order valence-corrected chi connectivity index (χ3v) is 7.35. The number of hydrogen-bond acceptors (Lipinski definition) is 5. The molecule has 3 rings (SSSR count). The van der Waals surface area contributed by atoms with Crippen LogP contribution in [-0.4, -0.2) is 47.7 Å². The van der Waals surface area contributed by atoms with Crippen molar-refractivity contribution in [2.45, 2.75) is 25.2 Å². The highest BCUT2D eigenvalue weighted by atomic mass is 35.5. The zero-order valence-corrected chi connectivity index (χ0v) is 20.3. The lowest BCUT2D eigenvalue weighted by Gasteiger charge is -2.24. The third-order valence-electron chi connectivity index (χ3n) is 4.80. The lowest BCUT2D eigenvalue weighted by molar-refractivity contribution is -0.118. The lowest BCUT2D eigenvalue weighted by atomic mass is 10.3. The standard InChI is InChI=1S/C22H25Cl2N3OS2/c1-3-26(4-2)12-13-27(22-25-19-10-7-17(24)15-20(19)30-22)21(28)11-14-29-18-8-5-16(23)6-9-18/h5-10,15H,3-4,11-14H2,1-2H3. The molecule has 0 saturated carbocycles. The first-order valence-electron chi connectivity index (χ1n) is 9.97. The first-order chi connectivity index (χ1) is 14.5. The molecule has 0 spiro atoms. The maximum absolute atomic E-state index is 13.1. The van der Waals surface area contributed by atoms with E-state index < -0.39 is 0 Å². The van der Waals surface area contributed by atoms with Crippen molar-refractivity contribution < 1.29 is 4.79 Å². The lowest BCUT2D eigenvalue weighted by Crippen LogP contribution is -2.39. The number of thioether (sulfide) groups is 1. The molecule has 0 N–H and O–H groups in total. The van der Waals surface area contributed by atoms with E-state index in [4.69, 9.17) is 28.2 Å². The van der Waals surface area contributed by atoms with Crippen molar-refractivity contribution in [1.29, 1.82) is 0 Å². The second-order valence-corrected chi connectivity index (χ2v) is 9.78. The fourth-order valence-electron chi connectivity index (χ4n) is 3.03. The number of rotatable bonds is 10. The molecule has 1 aromatic heterocycles. The van der Waals surface area contributed by atoms with Crippen LogP contribution in [0.25, 0.3) is 10.2 Å². The number of aromatic nitrogens is 1. The summed E-state index contributed by atoms with van der Waals surface area (Å²) in [5, 5.41) is 2.13. The summed E-state index contributed by atoms with van der Waals surface area (Å²) in [5.41, 5.74) is 0.871. The van der Waals surface area contributed by atoms with Gasteiger partial charge in [0, 0.05) is 40.2 Å². The Morgan fingerprint density at radius 1 is 1.03 bits per heavy atom. The zero-order valence-electron chi connectivity index (χ0n) is 17.1. The van der Waals surface area contributed by atoms with E-state index >= 15 is 0 Å². The largest absolute Gasteiger partial charge is 0.302 e. The zero-order chi connectivity index (χ0) is 21.5. The van der Waals surface area contributed by atoms with Gasteiger partial charge in [-0.3, -0.25) is 9.69 Å². The molecule has 0 atom stereocenters. The van der Waals surface area contributed by atoms with Gasteiger partial charge in [0.25, 0.3) is 0 Å². The minimum absolute atomic E-state index is 0.0915. The molecule has 30 heavy (non-hydrogen) atoms. The summed E-state index contributed by atoms with van der Waals surface area (Å²) in [6.07, 6.45) is 0.447. The van der Waals surface area contributed by atoms with Gasteiger partial charge in [0.15, 0.2) is 5.13 Å². The maximum Gasteiger partial charge on any atom is 0.229 e. The molecule has 8 heteroatoms. The number of benzene rings is 2. The van der Waals surface area contributed by atoms with Crippen molar-refractivity contribution in [2.24, 2.45) is 0 Å². The molecule has 160 valence electrons. The Kier molecular flexibility index (Phi) is 8.84. The predicted molar refractivity (Wildman–Crippen MR) is 132 cm³/mol. The van der Waals surface area contributed by atoms with Gasteiger partial charge >= 0.3 is 0 Å². The number of carbonyl (C=O) groups excluding carboxylic acids is 1. The molecule has 1 amide bonds. The van der Waals surface area contributed by atoms with Crippen LogP contribution < -0.4 is 4.90 Å². The molecular weight excluding hydrogens is 457 g/mol. The van der Waals surface area contributed by atoms with Crippen LogP contribution in [0.15, 0.2) is 47.4 Å². The highest BCUT2D eigenvalue weighted by molar-refractivity contribution is 7.99. The monoisotopic (exact) mass is 481 g/mol. The van der Waals surface area contributed by atoms with E-state index in [9.17, 15) is 4.79 Å². The summed E-state index contributed by atoms with van der Waals surface area (Å²) < 4.78 is 0.994. The van der Waals surface area contributed by atoms with Crippen LogP contribution >= 0.6 is 46.3 Å². The van der Waals surface area contributed by atoms with Crippen LogP contribution in [0.5, 0.6) is 0 Å². The van der Waals surface area contributed by atoms with Crippen LogP contribution in [0, 0.1) is 0 Å². The number of thiazole rings is 1. The van der Waals surface area contributed by atoms with Gasteiger partial charge in [-0.1, -0.05) is 48.4 Å². The number of halogens is 2. The van der Waals surface area contributed by atoms with E-state index in [0.717, 1.165) is 39.9 Å². The number of hydrogen-bond donors (Lipinski definition) is 0. The SMILES string of the molecule is CCN(CC)CCN(C(=O)CCSc1ccc(Cl)cc1)c1nc2ccc(Cl)cc2s1. The van der Waals surface area contributed by atoms with Crippen molar-refractivity contribution in [3.63, 3.8) is 0 Å². The van der Waals surface area contributed by atoms with Gasteiger partial charge in [-0.05, 0) is 55.6 Å². The Labute approximate surface area is 196 Å². The molecule has 0 bridgehead atoms. The summed E-state index contributed by atoms with van der Waals surface area (Å²) in [7, 11) is 0. The van der Waals surface area contributed by atoms with Gasteiger partial charge in [-0.15, -0.1) is 11.8 Å². The van der Waals surface area contributed by atoms with Gasteiger partial charge in [-0.25, -0.2) is 4.98 Å². The van der Waals surface area contributed by atoms with Crippen molar-refractivity contribution in [3.8, 4) is 0 Å². The summed E-state index contributed by atoms with van der Waals surface area (Å²) >= 11 is 15.2. The third kappa shape index (κ3) is 6.34. The van der Waals surface area contributed by atoms with Crippen molar-refractivity contribution in [3.05, 3.63) is 52.5 Å². The number of likely N-dealkylation sites (N-methyl/N-ethyl adjacent to an activating group) is 1. The molecule has 0 unspecified atom stereocenters. The van der Waals surface area contributed by atoms with E-state index in [0.29, 0.717) is 28.8 Å². The molecule has 3 aromatic rings. The average Bonchev–Trinajstić information content (AvgIpc) is 3.15. The first-order valence-corrected chi connectivity index (χ1v) is 12.5. The van der Waals surface area contributed by atoms with Gasteiger partial charge in [0.05, 0.1) is 10.2 Å². The minimum atomic E-state index is 0.0915. The van der Waals surface area contributed by atoms with Crippen LogP contribution in [0.3, 0.4) is 0 Å². The van der Waals surface area contributed by atoms with Crippen molar-refractivity contribution in [1.82, 2.24) is 9.88 Å². The van der Waals surface area contributed by atoms with E-state index in [1.807, 2.05) is 47.4 Å². The second-order valence-electron chi connectivity index (χ2n) is 6.73. The molecule has 0 fully saturated rings. The van der Waals surface area contributed by atoms with E-state index in [2.05, 4.69) is 18.7 Å². The summed E-state index contributed by atoms with van der Waals surface area (Å²) in [4.78, 5) is 23.1. The minimum Gasteiger partial charge on any atom is -0.302 e. The number of nitrogens with zero attached hydrogens (tertiary/aromatic N) is 3. The fourth-order valence-corrected chi connectivity index (χ4v) is 5.28. The molecule has 0 radical (unpaired) electrons. The molecular formula is C22H25Cl2N3OS2. The van der Waals surface area contributed by atoms with Gasteiger partial charge < -0.3 is 4.90 Å². The van der Waals surface area contributed by atoms with Crippen LogP contribution in [0.4, 0.5) is 5.13 Å². The quantitative estimate of drug-likeness (QED) is 0.311. The Morgan fingerprint density at radius 2 is 1.73 bits per heavy atom. The fraction of sp³-hybridized carbons (Fsp3) is 0.364. The van der Waals surface area contributed by atoms with Crippen molar-refractivity contribution in [2.75, 3.05) is 36.8 Å². The summed E-state index contributed by atoms with van der Waals surface area (Å²) in [6.45, 7) is 7.64. The highest BCUT2D eigenvalue weighted by Crippen LogP contribution is 2.31. The topological polar surface area (TPSA) is 36.4 Å². The Balaban J connectivity index is 1.71. The number of fused-ring (bicyclic) bond motifs is 1. The molecule has 4 nitrogen and oxygen atoms in total. The van der Waals surface area contributed by atoms with Gasteiger partial charge in [0.1, 0.15) is 0 Å². The summed E-state index contributed by atoms with van der Waals surface area (Å²) in [6, 6.07) is 13.3. The van der Waals surface area contributed by atoms with Crippen LogP contribution in [0.2, 0.25) is 10.0 Å². The number of amides is 1. The highest BCUT2D eigenvalue weighted by Gasteiger charge is 2.20. The average molecular weight is 483 g/mol. The molecule has 0 aliphatic heterocycles. The molecule has 2 aromatic carbocycles. The number of anilines is 1. The second kappa shape index (κ2) is 11.3. The number of carbonyl (C=O) groups is 1. The van der Waals surface area contributed by atoms with Gasteiger partial charge in [-0.2, -0.15) is 0 Å². The Morgan fingerprint density at radius 3 is 2.43 bits per heavy atom. The molecule has 0 aliphatic carbocycles. The van der Waals surface area contributed by atoms with Gasteiger partial charge in [0.2, 0.25) is 5.91 Å². The Hall–Kier alpha value is -1.31. The van der Waals surface area contributed by atoms with E-state index in [1.165, 1.54) is 11.3 Å². The van der Waals surface area contributed by atoms with E-state index in [-0.39, 0.29) is 5.91 Å². The molecule has 1 heterocycles. The summed E-state index contributed by atoms with van der Waals surface area (Å²) in [5.74, 6) is 0.799.